The van der Waals surface area contributed by atoms with Crippen molar-refractivity contribution in [3.63, 3.8) is 0 Å². The highest BCUT2D eigenvalue weighted by Gasteiger charge is 2.27. The number of oxime groups is 1. The van der Waals surface area contributed by atoms with E-state index in [0.717, 1.165) is 15.6 Å². The Bertz CT molecular complexity index is 1290. The molecule has 4 aromatic rings. The van der Waals surface area contributed by atoms with Crippen molar-refractivity contribution in [1.29, 1.82) is 0 Å². The summed E-state index contributed by atoms with van der Waals surface area (Å²) in [5.41, 5.74) is 1.15. The Kier molecular flexibility index (Phi) is 6.80. The molecule has 2 heterocycles. The van der Waals surface area contributed by atoms with Gasteiger partial charge in [-0.05, 0) is 24.3 Å². The maximum absolute atomic E-state index is 11.2. The first-order valence-electron chi connectivity index (χ1n) is 9.04. The SMILES string of the molecule is O=[N+]([O-])OC(/C(=N\OCc1c(Cl)sc2ccccc12)c1ccc(Cl)cc1Cl)n1ccnc1. The molecule has 0 radical (unpaired) electrons. The largest absolute Gasteiger partial charge is 0.390 e. The number of nitrogens with zero attached hydrogens (tertiary/aromatic N) is 4. The average molecular weight is 512 g/mol. The third kappa shape index (κ3) is 4.81. The van der Waals surface area contributed by atoms with Gasteiger partial charge in [-0.1, -0.05) is 58.2 Å². The van der Waals surface area contributed by atoms with Crippen LogP contribution < -0.4 is 0 Å². The highest BCUT2D eigenvalue weighted by atomic mass is 35.5. The molecule has 0 saturated carbocycles. The Balaban J connectivity index is 1.73. The van der Waals surface area contributed by atoms with Gasteiger partial charge in [-0.15, -0.1) is 21.5 Å². The lowest BCUT2D eigenvalue weighted by molar-refractivity contribution is -0.770. The minimum atomic E-state index is -1.30. The van der Waals surface area contributed by atoms with Crippen LogP contribution in [0.1, 0.15) is 17.4 Å². The van der Waals surface area contributed by atoms with Gasteiger partial charge in [0, 0.05) is 38.6 Å². The molecule has 8 nitrogen and oxygen atoms in total. The van der Waals surface area contributed by atoms with Crippen molar-refractivity contribution < 1.29 is 14.8 Å². The Labute approximate surface area is 200 Å². The highest BCUT2D eigenvalue weighted by Crippen LogP contribution is 2.35. The van der Waals surface area contributed by atoms with Gasteiger partial charge in [-0.2, -0.15) is 0 Å². The molecule has 1 atom stereocenters. The van der Waals surface area contributed by atoms with Gasteiger partial charge in [-0.25, -0.2) is 4.98 Å². The summed E-state index contributed by atoms with van der Waals surface area (Å²) in [5.74, 6) is 0. The van der Waals surface area contributed by atoms with Crippen LogP contribution in [0.4, 0.5) is 0 Å². The van der Waals surface area contributed by atoms with E-state index in [1.165, 1.54) is 40.7 Å². The lowest BCUT2D eigenvalue weighted by Crippen LogP contribution is -2.25. The topological polar surface area (TPSA) is 91.8 Å². The molecular weight excluding hydrogens is 499 g/mol. The van der Waals surface area contributed by atoms with E-state index in [2.05, 4.69) is 10.1 Å². The number of rotatable bonds is 8. The van der Waals surface area contributed by atoms with Crippen molar-refractivity contribution >= 4 is 61.9 Å². The van der Waals surface area contributed by atoms with Gasteiger partial charge in [0.15, 0.2) is 0 Å². The zero-order valence-electron chi connectivity index (χ0n) is 16.0. The highest BCUT2D eigenvalue weighted by molar-refractivity contribution is 7.22. The summed E-state index contributed by atoms with van der Waals surface area (Å²) in [6.07, 6.45) is 3.00. The normalized spacial score (nSPS) is 12.7. The first-order chi connectivity index (χ1) is 15.4. The molecule has 0 N–H and O–H groups in total. The minimum Gasteiger partial charge on any atom is -0.390 e. The van der Waals surface area contributed by atoms with E-state index in [1.54, 1.807) is 12.1 Å². The molecule has 0 amide bonds. The number of aromatic nitrogens is 2. The van der Waals surface area contributed by atoms with E-state index in [0.29, 0.717) is 14.9 Å². The molecule has 1 unspecified atom stereocenters. The summed E-state index contributed by atoms with van der Waals surface area (Å²) in [5, 5.41) is 16.0. The number of thiophene rings is 1. The summed E-state index contributed by atoms with van der Waals surface area (Å²) in [4.78, 5) is 25.6. The molecular formula is C20H13Cl3N4O4S. The average Bonchev–Trinajstić information content (AvgIpc) is 3.38. The summed E-state index contributed by atoms with van der Waals surface area (Å²) >= 11 is 20.2. The zero-order chi connectivity index (χ0) is 22.7. The molecule has 0 saturated heterocycles. The van der Waals surface area contributed by atoms with Gasteiger partial charge in [0.1, 0.15) is 16.7 Å². The second-order valence-electron chi connectivity index (χ2n) is 6.42. The van der Waals surface area contributed by atoms with Crippen LogP contribution in [0.15, 0.2) is 66.3 Å². The van der Waals surface area contributed by atoms with E-state index >= 15 is 0 Å². The lowest BCUT2D eigenvalue weighted by Gasteiger charge is -2.19. The fraction of sp³-hybridized carbons (Fsp3) is 0.100. The van der Waals surface area contributed by atoms with Crippen LogP contribution in [0.5, 0.6) is 0 Å². The number of fused-ring (bicyclic) bond motifs is 1. The third-order valence-electron chi connectivity index (χ3n) is 4.44. The van der Waals surface area contributed by atoms with Gasteiger partial charge in [0.2, 0.25) is 6.23 Å². The molecule has 12 heteroatoms. The van der Waals surface area contributed by atoms with Gasteiger partial charge >= 0.3 is 0 Å². The predicted molar refractivity (Wildman–Crippen MR) is 124 cm³/mol. The molecule has 0 spiro atoms. The van der Waals surface area contributed by atoms with Crippen LogP contribution in [0, 0.1) is 10.1 Å². The molecule has 0 bridgehead atoms. The summed E-state index contributed by atoms with van der Waals surface area (Å²) in [7, 11) is 0. The standard InChI is InChI=1S/C20H13Cl3N4O4S/c21-12-5-6-14(16(22)9-12)18(20(31-27(28)29)26-8-7-24-11-26)25-30-10-15-13-3-1-2-4-17(13)32-19(15)23/h1-9,11,20H,10H2/b25-18-. The summed E-state index contributed by atoms with van der Waals surface area (Å²) in [6.45, 7) is 0.0344. The molecule has 2 aromatic carbocycles. The van der Waals surface area contributed by atoms with Gasteiger partial charge in [0.25, 0.3) is 5.09 Å². The molecule has 0 aliphatic rings. The van der Waals surface area contributed by atoms with E-state index in [1.807, 2.05) is 24.3 Å². The Morgan fingerprint density at radius 1 is 1.25 bits per heavy atom. The summed E-state index contributed by atoms with van der Waals surface area (Å²) in [6, 6.07) is 12.4. The lowest BCUT2D eigenvalue weighted by atomic mass is 10.1. The number of hydrogen-bond donors (Lipinski definition) is 0. The van der Waals surface area contributed by atoms with Crippen LogP contribution in [-0.2, 0) is 16.3 Å². The minimum absolute atomic E-state index is 0.0344. The van der Waals surface area contributed by atoms with E-state index in [9.17, 15) is 10.1 Å². The molecule has 164 valence electrons. The van der Waals surface area contributed by atoms with Crippen molar-refractivity contribution in [1.82, 2.24) is 9.55 Å². The fourth-order valence-corrected chi connectivity index (χ4v) is 4.87. The Hall–Kier alpha value is -2.85. The third-order valence-corrected chi connectivity index (χ3v) is 6.45. The van der Waals surface area contributed by atoms with E-state index in [-0.39, 0.29) is 17.3 Å². The van der Waals surface area contributed by atoms with Gasteiger partial charge < -0.3 is 9.40 Å². The van der Waals surface area contributed by atoms with Crippen LogP contribution in [-0.4, -0.2) is 20.3 Å². The first kappa shape index (κ1) is 22.3. The fourth-order valence-electron chi connectivity index (χ4n) is 3.03. The van der Waals surface area contributed by atoms with Crippen molar-refractivity contribution in [2.75, 3.05) is 0 Å². The second kappa shape index (κ2) is 9.74. The maximum Gasteiger partial charge on any atom is 0.297 e. The number of halogens is 3. The monoisotopic (exact) mass is 510 g/mol. The predicted octanol–water partition coefficient (Wildman–Crippen LogP) is 6.39. The maximum atomic E-state index is 11.2. The molecule has 4 rings (SSSR count). The van der Waals surface area contributed by atoms with Crippen molar-refractivity contribution in [3.8, 4) is 0 Å². The molecule has 0 aliphatic heterocycles. The molecule has 0 fully saturated rings. The Morgan fingerprint density at radius 3 is 2.78 bits per heavy atom. The van der Waals surface area contributed by atoms with Crippen molar-refractivity contribution in [2.24, 2.45) is 5.16 Å². The second-order valence-corrected chi connectivity index (χ2v) is 8.91. The van der Waals surface area contributed by atoms with Crippen molar-refractivity contribution in [2.45, 2.75) is 12.8 Å². The van der Waals surface area contributed by atoms with Crippen LogP contribution in [0.2, 0.25) is 14.4 Å². The summed E-state index contributed by atoms with van der Waals surface area (Å²) < 4.78 is 2.94. The van der Waals surface area contributed by atoms with E-state index < -0.39 is 11.3 Å². The number of hydrogen-bond acceptors (Lipinski definition) is 7. The molecule has 0 aliphatic carbocycles. The van der Waals surface area contributed by atoms with Crippen LogP contribution in [0.25, 0.3) is 10.1 Å². The molecule has 2 aromatic heterocycles. The number of benzene rings is 2. The van der Waals surface area contributed by atoms with Crippen molar-refractivity contribution in [3.05, 3.63) is 96.8 Å². The van der Waals surface area contributed by atoms with Gasteiger partial charge in [0.05, 0.1) is 11.3 Å². The first-order valence-corrected chi connectivity index (χ1v) is 11.0. The van der Waals surface area contributed by atoms with Crippen LogP contribution in [0.3, 0.4) is 0 Å². The van der Waals surface area contributed by atoms with E-state index in [4.69, 9.17) is 44.5 Å². The smallest absolute Gasteiger partial charge is 0.297 e. The zero-order valence-corrected chi connectivity index (χ0v) is 19.1. The molecule has 32 heavy (non-hydrogen) atoms. The van der Waals surface area contributed by atoms with Gasteiger partial charge in [-0.3, -0.25) is 4.84 Å². The Morgan fingerprint density at radius 2 is 2.06 bits per heavy atom. The quantitative estimate of drug-likeness (QED) is 0.155. The van der Waals surface area contributed by atoms with Crippen LogP contribution >= 0.6 is 46.1 Å². The number of imidazole rings is 1.